The first-order valence-corrected chi connectivity index (χ1v) is 6.95. The highest BCUT2D eigenvalue weighted by atomic mass is 32.2. The molecule has 2 rings (SSSR count). The number of nitrogens with zero attached hydrogens (tertiary/aromatic N) is 1. The molecule has 1 atom stereocenters. The third kappa shape index (κ3) is 2.10. The van der Waals surface area contributed by atoms with Gasteiger partial charge in [-0.1, -0.05) is 0 Å². The van der Waals surface area contributed by atoms with Crippen molar-refractivity contribution >= 4 is 15.7 Å². The fourth-order valence-corrected chi connectivity index (χ4v) is 3.76. The highest BCUT2D eigenvalue weighted by molar-refractivity contribution is 7.93. The zero-order valence-electron chi connectivity index (χ0n) is 9.67. The van der Waals surface area contributed by atoms with Crippen molar-refractivity contribution in [2.45, 2.75) is 11.7 Å². The topological polar surface area (TPSA) is 72.6 Å². The summed E-state index contributed by atoms with van der Waals surface area (Å²) in [6.45, 7) is 0.672. The van der Waals surface area contributed by atoms with Crippen molar-refractivity contribution < 1.29 is 13.2 Å². The summed E-state index contributed by atoms with van der Waals surface area (Å²) >= 11 is 0. The predicted octanol–water partition coefficient (Wildman–Crippen LogP) is 0.562. The van der Waals surface area contributed by atoms with Gasteiger partial charge in [0.2, 0.25) is 10.0 Å². The normalized spacial score (nSPS) is 22.7. The van der Waals surface area contributed by atoms with Crippen molar-refractivity contribution in [1.82, 2.24) is 0 Å². The van der Waals surface area contributed by atoms with E-state index in [1.54, 1.807) is 31.4 Å². The minimum absolute atomic E-state index is 0.176. The number of hydrogen-bond acceptors (Lipinski definition) is 4. The lowest BCUT2D eigenvalue weighted by atomic mass is 10.2. The summed E-state index contributed by atoms with van der Waals surface area (Å²) in [6.07, 6.45) is 0.588. The molecular weight excluding hydrogens is 240 g/mol. The van der Waals surface area contributed by atoms with E-state index < -0.39 is 15.3 Å². The lowest BCUT2D eigenvalue weighted by Gasteiger charge is -2.18. The Morgan fingerprint density at radius 1 is 1.41 bits per heavy atom. The van der Waals surface area contributed by atoms with Gasteiger partial charge in [-0.2, -0.15) is 0 Å². The van der Waals surface area contributed by atoms with Crippen LogP contribution >= 0.6 is 0 Å². The summed E-state index contributed by atoms with van der Waals surface area (Å²) in [5, 5.41) is -0.454. The minimum Gasteiger partial charge on any atom is -0.497 e. The van der Waals surface area contributed by atoms with Crippen LogP contribution in [0.25, 0.3) is 0 Å². The minimum atomic E-state index is -3.28. The Bertz CT molecular complexity index is 484. The first kappa shape index (κ1) is 12.2. The molecule has 0 bridgehead atoms. The number of methoxy groups -OCH3 is 1. The smallest absolute Gasteiger partial charge is 0.239 e. The summed E-state index contributed by atoms with van der Waals surface area (Å²) in [6, 6.07) is 6.99. The van der Waals surface area contributed by atoms with Gasteiger partial charge in [0.1, 0.15) is 5.75 Å². The maximum Gasteiger partial charge on any atom is 0.239 e. The molecule has 1 aromatic carbocycles. The Kier molecular flexibility index (Phi) is 3.26. The van der Waals surface area contributed by atoms with Crippen LogP contribution in [-0.4, -0.2) is 33.9 Å². The van der Waals surface area contributed by atoms with Crippen LogP contribution in [0.3, 0.4) is 0 Å². The van der Waals surface area contributed by atoms with Crippen LogP contribution in [0.1, 0.15) is 6.42 Å². The van der Waals surface area contributed by atoms with E-state index in [4.69, 9.17) is 10.5 Å². The van der Waals surface area contributed by atoms with Crippen molar-refractivity contribution in [2.24, 2.45) is 5.73 Å². The number of anilines is 1. The lowest BCUT2D eigenvalue weighted by molar-refractivity contribution is 0.415. The second-order valence-electron chi connectivity index (χ2n) is 3.96. The molecule has 0 aromatic heterocycles. The predicted molar refractivity (Wildman–Crippen MR) is 66.7 cm³/mol. The SMILES string of the molecule is COc1ccc(N2CCC(CN)S2(=O)=O)cc1. The van der Waals surface area contributed by atoms with E-state index in [0.29, 0.717) is 24.4 Å². The van der Waals surface area contributed by atoms with Gasteiger partial charge in [-0.05, 0) is 30.7 Å². The van der Waals surface area contributed by atoms with Crippen molar-refractivity contribution in [3.05, 3.63) is 24.3 Å². The van der Waals surface area contributed by atoms with E-state index in [0.717, 1.165) is 0 Å². The monoisotopic (exact) mass is 256 g/mol. The Morgan fingerprint density at radius 3 is 2.53 bits per heavy atom. The number of sulfonamides is 1. The van der Waals surface area contributed by atoms with Crippen LogP contribution in [0.5, 0.6) is 5.75 Å². The van der Waals surface area contributed by atoms with E-state index in [9.17, 15) is 8.42 Å². The van der Waals surface area contributed by atoms with Crippen LogP contribution in [0, 0.1) is 0 Å². The largest absolute Gasteiger partial charge is 0.497 e. The van der Waals surface area contributed by atoms with Crippen molar-refractivity contribution in [1.29, 1.82) is 0 Å². The molecule has 6 heteroatoms. The van der Waals surface area contributed by atoms with Crippen LogP contribution in [0.4, 0.5) is 5.69 Å². The second kappa shape index (κ2) is 4.54. The Labute approximate surface area is 101 Å². The van der Waals surface area contributed by atoms with Crippen molar-refractivity contribution in [3.63, 3.8) is 0 Å². The molecule has 1 saturated heterocycles. The van der Waals surface area contributed by atoms with Crippen LogP contribution in [0.15, 0.2) is 24.3 Å². The molecule has 0 aliphatic carbocycles. The highest BCUT2D eigenvalue weighted by Gasteiger charge is 2.37. The molecule has 0 saturated carbocycles. The maximum atomic E-state index is 12.1. The van der Waals surface area contributed by atoms with E-state index in [2.05, 4.69) is 0 Å². The number of hydrogen-bond donors (Lipinski definition) is 1. The maximum absolute atomic E-state index is 12.1. The summed E-state index contributed by atoms with van der Waals surface area (Å²) in [4.78, 5) is 0. The lowest BCUT2D eigenvalue weighted by Crippen LogP contribution is -2.33. The van der Waals surface area contributed by atoms with E-state index >= 15 is 0 Å². The van der Waals surface area contributed by atoms with Crippen LogP contribution in [-0.2, 0) is 10.0 Å². The molecule has 1 aliphatic rings. The van der Waals surface area contributed by atoms with Gasteiger partial charge < -0.3 is 10.5 Å². The number of ether oxygens (including phenoxy) is 1. The summed E-state index contributed by atoms with van der Waals surface area (Å²) < 4.78 is 30.6. The molecule has 17 heavy (non-hydrogen) atoms. The van der Waals surface area contributed by atoms with Gasteiger partial charge in [-0.15, -0.1) is 0 Å². The van der Waals surface area contributed by atoms with Gasteiger partial charge in [0.25, 0.3) is 0 Å². The first-order chi connectivity index (χ1) is 8.09. The van der Waals surface area contributed by atoms with Crippen LogP contribution < -0.4 is 14.8 Å². The molecule has 94 valence electrons. The molecule has 0 amide bonds. The van der Waals surface area contributed by atoms with Gasteiger partial charge in [0, 0.05) is 13.1 Å². The fraction of sp³-hybridized carbons (Fsp3) is 0.455. The van der Waals surface area contributed by atoms with Crippen molar-refractivity contribution in [3.8, 4) is 5.75 Å². The summed E-state index contributed by atoms with van der Waals surface area (Å²) in [5.74, 6) is 0.709. The fourth-order valence-electron chi connectivity index (χ4n) is 1.98. The molecule has 1 heterocycles. The number of nitrogens with two attached hydrogens (primary N) is 1. The van der Waals surface area contributed by atoms with Crippen LogP contribution in [0.2, 0.25) is 0 Å². The zero-order chi connectivity index (χ0) is 12.5. The molecule has 2 N–H and O–H groups in total. The van der Waals surface area contributed by atoms with E-state index in [-0.39, 0.29) is 6.54 Å². The summed E-state index contributed by atoms with van der Waals surface area (Å²) in [7, 11) is -1.71. The molecule has 5 nitrogen and oxygen atoms in total. The van der Waals surface area contributed by atoms with Gasteiger partial charge in [0.15, 0.2) is 0 Å². The van der Waals surface area contributed by atoms with Gasteiger partial charge >= 0.3 is 0 Å². The molecule has 1 aliphatic heterocycles. The highest BCUT2D eigenvalue weighted by Crippen LogP contribution is 2.29. The molecule has 0 spiro atoms. The summed E-state index contributed by atoms with van der Waals surface area (Å²) in [5.41, 5.74) is 6.14. The molecule has 1 fully saturated rings. The standard InChI is InChI=1S/C11H16N2O3S/c1-16-10-4-2-9(3-5-10)13-7-6-11(8-12)17(13,14)15/h2-5,11H,6-8,12H2,1H3. The molecule has 1 unspecified atom stereocenters. The average molecular weight is 256 g/mol. The van der Waals surface area contributed by atoms with E-state index in [1.807, 2.05) is 0 Å². The first-order valence-electron chi connectivity index (χ1n) is 5.45. The molecule has 1 aromatic rings. The number of benzene rings is 1. The van der Waals surface area contributed by atoms with Gasteiger partial charge in [-0.25, -0.2) is 8.42 Å². The van der Waals surface area contributed by atoms with Gasteiger partial charge in [-0.3, -0.25) is 4.31 Å². The van der Waals surface area contributed by atoms with Gasteiger partial charge in [0.05, 0.1) is 18.0 Å². The Morgan fingerprint density at radius 2 is 2.06 bits per heavy atom. The van der Waals surface area contributed by atoms with E-state index in [1.165, 1.54) is 4.31 Å². The van der Waals surface area contributed by atoms with Crippen molar-refractivity contribution in [2.75, 3.05) is 24.5 Å². The zero-order valence-corrected chi connectivity index (χ0v) is 10.5. The Hall–Kier alpha value is -1.27. The Balaban J connectivity index is 2.29. The molecule has 0 radical (unpaired) electrons. The second-order valence-corrected chi connectivity index (χ2v) is 6.10. The average Bonchev–Trinajstić information content (AvgIpc) is 2.64. The third-order valence-corrected chi connectivity index (χ3v) is 5.28. The third-order valence-electron chi connectivity index (χ3n) is 3.01. The quantitative estimate of drug-likeness (QED) is 0.857. The number of rotatable bonds is 3. The molecular formula is C11H16N2O3S.